The van der Waals surface area contributed by atoms with Gasteiger partial charge in [0, 0.05) is 5.92 Å². The Labute approximate surface area is 160 Å². The van der Waals surface area contributed by atoms with E-state index >= 15 is 8.78 Å². The van der Waals surface area contributed by atoms with E-state index in [1.165, 1.54) is 38.9 Å². The third-order valence-corrected chi connectivity index (χ3v) is 7.76. The van der Waals surface area contributed by atoms with E-state index in [1.807, 2.05) is 0 Å². The van der Waals surface area contributed by atoms with Gasteiger partial charge in [-0.1, -0.05) is 25.8 Å². The largest absolute Gasteiger partial charge is 0.494 e. The Bertz CT molecular complexity index is 670. The molecule has 0 saturated heterocycles. The van der Waals surface area contributed by atoms with Crippen molar-refractivity contribution < 1.29 is 17.9 Å². The molecule has 150 valence electrons. The molecule has 3 aliphatic carbocycles. The minimum atomic E-state index is -3.09. The van der Waals surface area contributed by atoms with E-state index in [2.05, 4.69) is 6.92 Å². The number of alkyl halides is 2. The fraction of sp³-hybridized carbons (Fsp3) is 0.739. The zero-order chi connectivity index (χ0) is 19.2. The van der Waals surface area contributed by atoms with Crippen molar-refractivity contribution in [1.82, 2.24) is 0 Å². The third kappa shape index (κ3) is 3.38. The Morgan fingerprint density at radius 2 is 1.44 bits per heavy atom. The van der Waals surface area contributed by atoms with Crippen molar-refractivity contribution in [3.8, 4) is 5.75 Å². The van der Waals surface area contributed by atoms with Gasteiger partial charge >= 0.3 is 0 Å². The summed E-state index contributed by atoms with van der Waals surface area (Å²) in [4.78, 5) is 0. The highest BCUT2D eigenvalue weighted by atomic mass is 19.3. The standard InChI is InChI=1S/C23H31F3O/c1-14-3-5-15(6-4-14)16-7-9-17(10-8-16)19-13-18-11-12-20(27-2)22(24)21(18)23(19,25)26/h11-12,14-17,19H,3-10,13H2,1-2H3. The molecular formula is C23H31F3O. The van der Waals surface area contributed by atoms with Crippen LogP contribution in [0.15, 0.2) is 12.1 Å². The van der Waals surface area contributed by atoms with Crippen LogP contribution in [-0.4, -0.2) is 7.11 Å². The Hall–Kier alpha value is -1.19. The van der Waals surface area contributed by atoms with Gasteiger partial charge in [-0.15, -0.1) is 0 Å². The van der Waals surface area contributed by atoms with Crippen LogP contribution in [0, 0.1) is 35.4 Å². The Balaban J connectivity index is 1.44. The van der Waals surface area contributed by atoms with Crippen molar-refractivity contribution >= 4 is 0 Å². The second-order valence-electron chi connectivity index (χ2n) is 9.24. The van der Waals surface area contributed by atoms with E-state index < -0.39 is 23.2 Å². The summed E-state index contributed by atoms with van der Waals surface area (Å²) in [7, 11) is 1.32. The molecule has 2 fully saturated rings. The van der Waals surface area contributed by atoms with Gasteiger partial charge < -0.3 is 4.74 Å². The normalized spacial score (nSPS) is 35.7. The average molecular weight is 380 g/mol. The lowest BCUT2D eigenvalue weighted by molar-refractivity contribution is -0.0855. The van der Waals surface area contributed by atoms with E-state index in [9.17, 15) is 4.39 Å². The van der Waals surface area contributed by atoms with Gasteiger partial charge in [0.05, 0.1) is 12.7 Å². The topological polar surface area (TPSA) is 9.23 Å². The van der Waals surface area contributed by atoms with Gasteiger partial charge in [0.1, 0.15) is 0 Å². The van der Waals surface area contributed by atoms with Crippen LogP contribution >= 0.6 is 0 Å². The molecule has 4 rings (SSSR count). The lowest BCUT2D eigenvalue weighted by Gasteiger charge is -2.39. The van der Waals surface area contributed by atoms with Gasteiger partial charge in [0.2, 0.25) is 0 Å². The first-order valence-corrected chi connectivity index (χ1v) is 10.7. The molecule has 0 amide bonds. The predicted molar refractivity (Wildman–Crippen MR) is 101 cm³/mol. The smallest absolute Gasteiger partial charge is 0.279 e. The molecule has 2 saturated carbocycles. The van der Waals surface area contributed by atoms with Gasteiger partial charge in [-0.05, 0) is 80.2 Å². The van der Waals surface area contributed by atoms with Crippen LogP contribution in [0.4, 0.5) is 13.2 Å². The lowest BCUT2D eigenvalue weighted by Crippen LogP contribution is -2.33. The van der Waals surface area contributed by atoms with Crippen LogP contribution in [0.25, 0.3) is 0 Å². The Morgan fingerprint density at radius 1 is 0.889 bits per heavy atom. The molecule has 0 bridgehead atoms. The number of hydrogen-bond donors (Lipinski definition) is 0. The molecule has 4 heteroatoms. The number of halogens is 3. The molecule has 0 heterocycles. The van der Waals surface area contributed by atoms with Crippen LogP contribution in [0.3, 0.4) is 0 Å². The van der Waals surface area contributed by atoms with Gasteiger partial charge in [-0.25, -0.2) is 13.2 Å². The number of ether oxygens (including phenoxy) is 1. The number of benzene rings is 1. The van der Waals surface area contributed by atoms with Gasteiger partial charge in [-0.3, -0.25) is 0 Å². The summed E-state index contributed by atoms with van der Waals surface area (Å²) in [5.41, 5.74) is 0.0573. The average Bonchev–Trinajstić information content (AvgIpc) is 2.94. The molecule has 1 atom stereocenters. The van der Waals surface area contributed by atoms with Crippen molar-refractivity contribution in [2.45, 2.75) is 70.6 Å². The molecule has 0 aliphatic heterocycles. The zero-order valence-corrected chi connectivity index (χ0v) is 16.4. The van der Waals surface area contributed by atoms with Crippen LogP contribution in [-0.2, 0) is 12.3 Å². The third-order valence-electron chi connectivity index (χ3n) is 7.76. The summed E-state index contributed by atoms with van der Waals surface area (Å²) in [6.07, 6.45) is 9.42. The summed E-state index contributed by atoms with van der Waals surface area (Å²) >= 11 is 0. The summed E-state index contributed by atoms with van der Waals surface area (Å²) in [6.45, 7) is 2.33. The molecule has 0 radical (unpaired) electrons. The number of methoxy groups -OCH3 is 1. The molecule has 1 unspecified atom stereocenters. The minimum Gasteiger partial charge on any atom is -0.494 e. The van der Waals surface area contributed by atoms with Crippen LogP contribution in [0.5, 0.6) is 5.75 Å². The fourth-order valence-corrected chi connectivity index (χ4v) is 6.07. The highest BCUT2D eigenvalue weighted by molar-refractivity contribution is 5.44. The Morgan fingerprint density at radius 3 is 2.04 bits per heavy atom. The van der Waals surface area contributed by atoms with Crippen LogP contribution < -0.4 is 4.74 Å². The van der Waals surface area contributed by atoms with Crippen molar-refractivity contribution in [1.29, 1.82) is 0 Å². The zero-order valence-electron chi connectivity index (χ0n) is 16.4. The summed E-state index contributed by atoms with van der Waals surface area (Å²) in [6, 6.07) is 3.10. The first kappa shape index (κ1) is 19.1. The fourth-order valence-electron chi connectivity index (χ4n) is 6.07. The molecule has 1 nitrogen and oxygen atoms in total. The maximum Gasteiger partial charge on any atom is 0.279 e. The molecule has 0 spiro atoms. The molecule has 0 N–H and O–H groups in total. The summed E-state index contributed by atoms with van der Waals surface area (Å²) in [5.74, 6) is -2.45. The lowest BCUT2D eigenvalue weighted by atomic mass is 9.67. The van der Waals surface area contributed by atoms with E-state index in [4.69, 9.17) is 4.74 Å². The quantitative estimate of drug-likeness (QED) is 0.565. The SMILES string of the molecule is COc1ccc2c(c1F)C(F)(F)C(C1CCC(C3CCC(C)CC3)CC1)C2. The second kappa shape index (κ2) is 7.33. The highest BCUT2D eigenvalue weighted by Crippen LogP contribution is 2.55. The highest BCUT2D eigenvalue weighted by Gasteiger charge is 2.54. The monoisotopic (exact) mass is 380 g/mol. The van der Waals surface area contributed by atoms with Gasteiger partial charge in [-0.2, -0.15) is 0 Å². The number of rotatable bonds is 3. The number of hydrogen-bond acceptors (Lipinski definition) is 1. The van der Waals surface area contributed by atoms with Crippen molar-refractivity contribution in [2.75, 3.05) is 7.11 Å². The maximum atomic E-state index is 15.2. The van der Waals surface area contributed by atoms with Crippen molar-refractivity contribution in [2.24, 2.45) is 29.6 Å². The van der Waals surface area contributed by atoms with Crippen molar-refractivity contribution in [3.63, 3.8) is 0 Å². The van der Waals surface area contributed by atoms with E-state index in [-0.39, 0.29) is 11.7 Å². The number of fused-ring (bicyclic) bond motifs is 1. The first-order chi connectivity index (χ1) is 12.9. The van der Waals surface area contributed by atoms with Crippen molar-refractivity contribution in [3.05, 3.63) is 29.1 Å². The molecule has 0 aromatic heterocycles. The second-order valence-corrected chi connectivity index (χ2v) is 9.24. The maximum absolute atomic E-state index is 15.2. The van der Waals surface area contributed by atoms with Gasteiger partial charge in [0.15, 0.2) is 11.6 Å². The van der Waals surface area contributed by atoms with Gasteiger partial charge in [0.25, 0.3) is 5.92 Å². The van der Waals surface area contributed by atoms with E-state index in [1.54, 1.807) is 6.07 Å². The van der Waals surface area contributed by atoms with E-state index in [0.29, 0.717) is 17.9 Å². The molecule has 1 aromatic carbocycles. The molecule has 3 aliphatic rings. The first-order valence-electron chi connectivity index (χ1n) is 10.7. The van der Waals surface area contributed by atoms with Crippen LogP contribution in [0.2, 0.25) is 0 Å². The molecule has 27 heavy (non-hydrogen) atoms. The van der Waals surface area contributed by atoms with Crippen LogP contribution in [0.1, 0.15) is 69.4 Å². The minimum absolute atomic E-state index is 0.00319. The Kier molecular flexibility index (Phi) is 5.20. The summed E-state index contributed by atoms with van der Waals surface area (Å²) in [5, 5.41) is 0. The van der Waals surface area contributed by atoms with E-state index in [0.717, 1.165) is 37.5 Å². The molecular weight excluding hydrogens is 349 g/mol. The molecule has 1 aromatic rings. The summed E-state index contributed by atoms with van der Waals surface area (Å²) < 4.78 is 49.8. The predicted octanol–water partition coefficient (Wildman–Crippen LogP) is 6.73.